The number of carboxylic acid groups (broad SMARTS) is 2. The molecule has 0 radical (unpaired) electrons. The van der Waals surface area contributed by atoms with E-state index >= 15 is 0 Å². The molecular weight excluding hydrogens is 360 g/mol. The molecule has 152 valence electrons. The maximum Gasteiger partial charge on any atom is 0.326 e. The quantitative estimate of drug-likeness (QED) is 0.213. The summed E-state index contributed by atoms with van der Waals surface area (Å²) in [6, 6.07) is -1.85. The van der Waals surface area contributed by atoms with E-state index in [1.807, 2.05) is 0 Å². The lowest BCUT2D eigenvalue weighted by Crippen LogP contribution is -2.46. The minimum absolute atomic E-state index is 0.169. The highest BCUT2D eigenvalue weighted by molar-refractivity contribution is 5.82. The zero-order valence-corrected chi connectivity index (χ0v) is 15.2. The molecule has 0 bridgehead atoms. The Kier molecular flexibility index (Phi) is 10.4. The van der Waals surface area contributed by atoms with Crippen molar-refractivity contribution in [3.8, 4) is 0 Å². The van der Waals surface area contributed by atoms with Crippen LogP contribution in [0.5, 0.6) is 0 Å². The summed E-state index contributed by atoms with van der Waals surface area (Å²) in [4.78, 5) is 38.2. The van der Waals surface area contributed by atoms with E-state index in [0.29, 0.717) is 26.1 Å². The summed E-state index contributed by atoms with van der Waals surface area (Å²) in [5.74, 6) is -2.38. The number of unbranched alkanes of at least 4 members (excludes halogenated alkanes) is 2. The molecule has 27 heavy (non-hydrogen) atoms. The fourth-order valence-electron chi connectivity index (χ4n) is 2.17. The lowest BCUT2D eigenvalue weighted by atomic mass is 10.1. The average molecular weight is 386 g/mol. The van der Waals surface area contributed by atoms with Crippen molar-refractivity contribution in [2.45, 2.75) is 51.3 Å². The van der Waals surface area contributed by atoms with Crippen LogP contribution in [0.2, 0.25) is 0 Å². The zero-order chi connectivity index (χ0) is 20.1. The van der Waals surface area contributed by atoms with Gasteiger partial charge in [-0.15, -0.1) is 5.10 Å². The van der Waals surface area contributed by atoms with Gasteiger partial charge in [0.2, 0.25) is 0 Å². The van der Waals surface area contributed by atoms with Gasteiger partial charge in [-0.3, -0.25) is 14.3 Å². The molecule has 2 amide bonds. The van der Waals surface area contributed by atoms with Crippen molar-refractivity contribution in [2.24, 2.45) is 0 Å². The summed E-state index contributed by atoms with van der Waals surface area (Å²) in [7, 11) is 1.66. The fraction of sp³-hybridized carbons (Fsp3) is 0.667. The number of hydrogen-bond donors (Lipinski definition) is 5. The largest absolute Gasteiger partial charge is 0.481 e. The molecule has 1 aromatic rings. The van der Waals surface area contributed by atoms with Gasteiger partial charge >= 0.3 is 18.0 Å². The Labute approximate surface area is 156 Å². The SMILES string of the molecule is CNOCc1cn(CCCCCNC(=O)N[C@@H](CCC(=O)O)C(=O)O)nn1. The maximum atomic E-state index is 11.7. The maximum absolute atomic E-state index is 11.7. The first-order valence-corrected chi connectivity index (χ1v) is 8.59. The monoisotopic (exact) mass is 386 g/mol. The number of hydrogen-bond acceptors (Lipinski definition) is 7. The van der Waals surface area contributed by atoms with Crippen molar-refractivity contribution >= 4 is 18.0 Å². The number of carbonyl (C=O) groups excluding carboxylic acids is 1. The highest BCUT2D eigenvalue weighted by Crippen LogP contribution is 2.01. The van der Waals surface area contributed by atoms with Crippen LogP contribution < -0.4 is 16.1 Å². The lowest BCUT2D eigenvalue weighted by Gasteiger charge is -2.14. The molecule has 12 nitrogen and oxygen atoms in total. The summed E-state index contributed by atoms with van der Waals surface area (Å²) in [5, 5.41) is 30.3. The Morgan fingerprint density at radius 2 is 2.04 bits per heavy atom. The van der Waals surface area contributed by atoms with E-state index < -0.39 is 24.0 Å². The second-order valence-corrected chi connectivity index (χ2v) is 5.75. The first kappa shape index (κ1) is 22.3. The van der Waals surface area contributed by atoms with Gasteiger partial charge in [0.05, 0.1) is 6.20 Å². The van der Waals surface area contributed by atoms with Gasteiger partial charge in [0, 0.05) is 26.6 Å². The van der Waals surface area contributed by atoms with Crippen molar-refractivity contribution in [1.82, 2.24) is 31.1 Å². The van der Waals surface area contributed by atoms with Crippen molar-refractivity contribution in [3.05, 3.63) is 11.9 Å². The minimum Gasteiger partial charge on any atom is -0.481 e. The fourth-order valence-corrected chi connectivity index (χ4v) is 2.17. The van der Waals surface area contributed by atoms with Crippen molar-refractivity contribution in [2.75, 3.05) is 13.6 Å². The molecule has 1 atom stereocenters. The van der Waals surface area contributed by atoms with E-state index in [4.69, 9.17) is 15.1 Å². The van der Waals surface area contributed by atoms with Crippen LogP contribution in [0.25, 0.3) is 0 Å². The van der Waals surface area contributed by atoms with Crippen LogP contribution in [0.3, 0.4) is 0 Å². The topological polar surface area (TPSA) is 168 Å². The number of nitrogens with one attached hydrogen (secondary N) is 3. The van der Waals surface area contributed by atoms with Crippen LogP contribution in [0.4, 0.5) is 4.79 Å². The Bertz CT molecular complexity index is 607. The Hall–Kier alpha value is -2.73. The molecule has 1 aromatic heterocycles. The van der Waals surface area contributed by atoms with Gasteiger partial charge in [-0.1, -0.05) is 5.21 Å². The highest BCUT2D eigenvalue weighted by Gasteiger charge is 2.20. The van der Waals surface area contributed by atoms with E-state index in [0.717, 1.165) is 18.5 Å². The number of nitrogens with zero attached hydrogens (tertiary/aromatic N) is 3. The van der Waals surface area contributed by atoms with E-state index in [1.165, 1.54) is 0 Å². The number of aromatic nitrogens is 3. The molecule has 1 heterocycles. The molecular formula is C15H26N6O6. The second kappa shape index (κ2) is 12.6. The zero-order valence-electron chi connectivity index (χ0n) is 15.2. The van der Waals surface area contributed by atoms with Crippen LogP contribution >= 0.6 is 0 Å². The number of carbonyl (C=O) groups is 3. The van der Waals surface area contributed by atoms with Crippen LogP contribution in [0, 0.1) is 0 Å². The molecule has 0 spiro atoms. The molecule has 0 saturated carbocycles. The van der Waals surface area contributed by atoms with Crippen LogP contribution in [-0.2, 0) is 27.6 Å². The molecule has 12 heteroatoms. The van der Waals surface area contributed by atoms with Gasteiger partial charge in [-0.25, -0.2) is 15.1 Å². The van der Waals surface area contributed by atoms with Crippen molar-refractivity contribution in [1.29, 1.82) is 0 Å². The molecule has 0 saturated heterocycles. The molecule has 0 unspecified atom stereocenters. The smallest absolute Gasteiger partial charge is 0.326 e. The third-order valence-electron chi connectivity index (χ3n) is 3.55. The number of rotatable bonds is 14. The number of hydroxylamine groups is 1. The highest BCUT2D eigenvalue weighted by atomic mass is 16.6. The predicted octanol–water partition coefficient (Wildman–Crippen LogP) is -0.283. The summed E-state index contributed by atoms with van der Waals surface area (Å²) >= 11 is 0. The first-order valence-electron chi connectivity index (χ1n) is 8.59. The first-order chi connectivity index (χ1) is 12.9. The predicted molar refractivity (Wildman–Crippen MR) is 92.5 cm³/mol. The molecule has 0 aromatic carbocycles. The Morgan fingerprint density at radius 3 is 2.70 bits per heavy atom. The molecule has 0 aliphatic rings. The standard InChI is InChI=1S/C15H26N6O6/c1-16-27-10-11-9-21(20-19-11)8-4-2-3-7-17-15(26)18-12(14(24)25)5-6-13(22)23/h9,12,16H,2-8,10H2,1H3,(H,22,23)(H,24,25)(H2,17,18,26)/t12-/m0/s1. The Balaban J connectivity index is 2.14. The summed E-state index contributed by atoms with van der Waals surface area (Å²) < 4.78 is 1.72. The summed E-state index contributed by atoms with van der Waals surface area (Å²) in [6.45, 7) is 1.41. The summed E-state index contributed by atoms with van der Waals surface area (Å²) in [5.41, 5.74) is 3.28. The molecule has 0 fully saturated rings. The van der Waals surface area contributed by atoms with E-state index in [9.17, 15) is 14.4 Å². The third-order valence-corrected chi connectivity index (χ3v) is 3.55. The number of urea groups is 1. The molecule has 1 rings (SSSR count). The van der Waals surface area contributed by atoms with E-state index in [2.05, 4.69) is 26.4 Å². The van der Waals surface area contributed by atoms with Crippen LogP contribution in [-0.4, -0.2) is 62.8 Å². The second-order valence-electron chi connectivity index (χ2n) is 5.75. The van der Waals surface area contributed by atoms with Crippen molar-refractivity contribution in [3.63, 3.8) is 0 Å². The lowest BCUT2D eigenvalue weighted by molar-refractivity contribution is -0.140. The van der Waals surface area contributed by atoms with Gasteiger partial charge < -0.3 is 20.8 Å². The van der Waals surface area contributed by atoms with E-state index in [-0.39, 0.29) is 12.8 Å². The van der Waals surface area contributed by atoms with Gasteiger partial charge in [0.15, 0.2) is 0 Å². The van der Waals surface area contributed by atoms with Crippen LogP contribution in [0.15, 0.2) is 6.20 Å². The van der Waals surface area contributed by atoms with Gasteiger partial charge in [0.25, 0.3) is 0 Å². The number of carboxylic acids is 2. The summed E-state index contributed by atoms with van der Waals surface area (Å²) in [6.07, 6.45) is 3.69. The van der Waals surface area contributed by atoms with Gasteiger partial charge in [0.1, 0.15) is 18.3 Å². The average Bonchev–Trinajstić information content (AvgIpc) is 3.07. The number of aliphatic carboxylic acids is 2. The van der Waals surface area contributed by atoms with Gasteiger partial charge in [-0.2, -0.15) is 0 Å². The normalized spacial score (nSPS) is 11.7. The minimum atomic E-state index is -1.27. The van der Waals surface area contributed by atoms with Gasteiger partial charge in [-0.05, 0) is 25.7 Å². The van der Waals surface area contributed by atoms with Crippen molar-refractivity contribution < 1.29 is 29.4 Å². The Morgan fingerprint density at radius 1 is 1.26 bits per heavy atom. The van der Waals surface area contributed by atoms with E-state index in [1.54, 1.807) is 17.9 Å². The molecule has 5 N–H and O–H groups in total. The number of amides is 2. The van der Waals surface area contributed by atoms with Crippen LogP contribution in [0.1, 0.15) is 37.8 Å². The third kappa shape index (κ3) is 10.1. The number of aryl methyl sites for hydroxylation is 1. The molecule has 0 aliphatic heterocycles. The molecule has 0 aliphatic carbocycles.